The van der Waals surface area contributed by atoms with E-state index in [0.29, 0.717) is 25.4 Å². The normalized spacial score (nSPS) is 11.4. The van der Waals surface area contributed by atoms with Crippen LogP contribution in [0.4, 0.5) is 17.1 Å². The molecule has 9 nitrogen and oxygen atoms in total. The summed E-state index contributed by atoms with van der Waals surface area (Å²) >= 11 is 0. The number of para-hydroxylation sites is 1. The molecular formula is C21H25N3O6. The summed E-state index contributed by atoms with van der Waals surface area (Å²) < 4.78 is 10.2. The van der Waals surface area contributed by atoms with Gasteiger partial charge >= 0.3 is 5.97 Å². The van der Waals surface area contributed by atoms with Crippen LogP contribution in [0.15, 0.2) is 48.5 Å². The van der Waals surface area contributed by atoms with Gasteiger partial charge in [0.1, 0.15) is 5.69 Å². The zero-order chi connectivity index (χ0) is 22.1. The van der Waals surface area contributed by atoms with E-state index in [-0.39, 0.29) is 22.8 Å². The largest absolute Gasteiger partial charge is 0.449 e. The van der Waals surface area contributed by atoms with Crippen molar-refractivity contribution in [3.8, 4) is 0 Å². The first-order valence-corrected chi connectivity index (χ1v) is 9.47. The smallest absolute Gasteiger partial charge is 0.339 e. The van der Waals surface area contributed by atoms with Gasteiger partial charge in [-0.1, -0.05) is 18.2 Å². The number of carbonyl (C=O) groups excluding carboxylic acids is 2. The molecule has 0 radical (unpaired) electrons. The number of anilines is 2. The molecule has 2 aromatic carbocycles. The van der Waals surface area contributed by atoms with E-state index in [9.17, 15) is 19.7 Å². The van der Waals surface area contributed by atoms with Gasteiger partial charge in [-0.25, -0.2) is 4.79 Å². The number of benzene rings is 2. The van der Waals surface area contributed by atoms with Crippen LogP contribution in [-0.4, -0.2) is 49.7 Å². The summed E-state index contributed by atoms with van der Waals surface area (Å²) in [6.45, 7) is 4.44. The van der Waals surface area contributed by atoms with Crippen LogP contribution in [0.25, 0.3) is 0 Å². The zero-order valence-electron chi connectivity index (χ0n) is 17.2. The molecule has 160 valence electrons. The topological polar surface area (TPSA) is 111 Å². The maximum atomic E-state index is 12.7. The predicted molar refractivity (Wildman–Crippen MR) is 113 cm³/mol. The number of hydrogen-bond acceptors (Lipinski definition) is 7. The van der Waals surface area contributed by atoms with Crippen molar-refractivity contribution in [3.63, 3.8) is 0 Å². The Labute approximate surface area is 174 Å². The number of methoxy groups -OCH3 is 1. The number of nitrogens with zero attached hydrogens (tertiary/aromatic N) is 2. The fraction of sp³-hybridized carbons (Fsp3) is 0.333. The Bertz CT molecular complexity index is 888. The van der Waals surface area contributed by atoms with Crippen molar-refractivity contribution in [3.05, 3.63) is 64.2 Å². The molecule has 0 aromatic heterocycles. The third-order valence-corrected chi connectivity index (χ3v) is 4.33. The first-order chi connectivity index (χ1) is 14.4. The van der Waals surface area contributed by atoms with Gasteiger partial charge in [0.25, 0.3) is 11.6 Å². The average Bonchev–Trinajstić information content (AvgIpc) is 2.75. The molecule has 0 spiro atoms. The summed E-state index contributed by atoms with van der Waals surface area (Å²) in [7, 11) is 1.52. The Kier molecular flexibility index (Phi) is 8.30. The Balaban J connectivity index is 2.13. The van der Waals surface area contributed by atoms with Crippen LogP contribution in [0.3, 0.4) is 0 Å². The second-order valence-corrected chi connectivity index (χ2v) is 6.37. The Morgan fingerprint density at radius 2 is 1.90 bits per heavy atom. The number of amides is 1. The molecule has 0 aliphatic heterocycles. The van der Waals surface area contributed by atoms with Crippen LogP contribution in [0.2, 0.25) is 0 Å². The van der Waals surface area contributed by atoms with Crippen LogP contribution in [0.1, 0.15) is 24.2 Å². The Morgan fingerprint density at radius 3 is 2.50 bits per heavy atom. The summed E-state index contributed by atoms with van der Waals surface area (Å²) in [4.78, 5) is 37.5. The van der Waals surface area contributed by atoms with Gasteiger partial charge in [-0.3, -0.25) is 14.9 Å². The third kappa shape index (κ3) is 5.77. The lowest BCUT2D eigenvalue weighted by molar-refractivity contribution is -0.384. The SMILES string of the molecule is CCN(C(=O)[C@H](C)OC(=O)c1ccc(NCCOC)c([N+](=O)[O-])c1)c1ccccc1. The lowest BCUT2D eigenvalue weighted by Crippen LogP contribution is -2.40. The van der Waals surface area contributed by atoms with Gasteiger partial charge in [-0.2, -0.15) is 0 Å². The molecule has 0 aliphatic rings. The van der Waals surface area contributed by atoms with E-state index in [1.807, 2.05) is 25.1 Å². The highest BCUT2D eigenvalue weighted by atomic mass is 16.6. The van der Waals surface area contributed by atoms with E-state index in [1.54, 1.807) is 12.1 Å². The molecule has 1 amide bonds. The fourth-order valence-electron chi connectivity index (χ4n) is 2.82. The molecule has 0 bridgehead atoms. The van der Waals surface area contributed by atoms with Crippen LogP contribution >= 0.6 is 0 Å². The van der Waals surface area contributed by atoms with Gasteiger partial charge in [0.15, 0.2) is 6.10 Å². The number of ether oxygens (including phenoxy) is 2. The van der Waals surface area contributed by atoms with Crippen molar-refractivity contribution in [2.24, 2.45) is 0 Å². The molecular weight excluding hydrogens is 390 g/mol. The quantitative estimate of drug-likeness (QED) is 0.274. The van der Waals surface area contributed by atoms with Crippen LogP contribution < -0.4 is 10.2 Å². The van der Waals surface area contributed by atoms with E-state index in [4.69, 9.17) is 9.47 Å². The monoisotopic (exact) mass is 415 g/mol. The molecule has 1 atom stereocenters. The number of nitro benzene ring substituents is 1. The maximum absolute atomic E-state index is 12.7. The average molecular weight is 415 g/mol. The minimum atomic E-state index is -1.06. The van der Waals surface area contributed by atoms with E-state index in [2.05, 4.69) is 5.32 Å². The van der Waals surface area contributed by atoms with Crippen molar-refractivity contribution >= 4 is 28.9 Å². The Hall–Kier alpha value is -3.46. The van der Waals surface area contributed by atoms with Crippen LogP contribution in [0, 0.1) is 10.1 Å². The van der Waals surface area contributed by atoms with Crippen molar-refractivity contribution in [1.82, 2.24) is 0 Å². The number of likely N-dealkylation sites (N-methyl/N-ethyl adjacent to an activating group) is 1. The summed E-state index contributed by atoms with van der Waals surface area (Å²) in [5, 5.41) is 14.2. The first kappa shape index (κ1) is 22.8. The molecule has 2 rings (SSSR count). The molecule has 0 saturated heterocycles. The number of carbonyl (C=O) groups is 2. The van der Waals surface area contributed by atoms with Gasteiger partial charge in [0, 0.05) is 32.0 Å². The molecule has 0 aliphatic carbocycles. The molecule has 1 N–H and O–H groups in total. The lowest BCUT2D eigenvalue weighted by atomic mass is 10.1. The molecule has 9 heteroatoms. The highest BCUT2D eigenvalue weighted by molar-refractivity contribution is 5.99. The van der Waals surface area contributed by atoms with Gasteiger partial charge in [0.05, 0.1) is 17.1 Å². The van der Waals surface area contributed by atoms with Crippen molar-refractivity contribution < 1.29 is 24.0 Å². The van der Waals surface area contributed by atoms with Crippen molar-refractivity contribution in [2.45, 2.75) is 20.0 Å². The summed E-state index contributed by atoms with van der Waals surface area (Å²) in [6.07, 6.45) is -1.06. The number of rotatable bonds is 10. The summed E-state index contributed by atoms with van der Waals surface area (Å²) in [5.41, 5.74) is 0.675. The van der Waals surface area contributed by atoms with Gasteiger partial charge < -0.3 is 19.7 Å². The molecule has 0 saturated carbocycles. The Morgan fingerprint density at radius 1 is 1.20 bits per heavy atom. The summed E-state index contributed by atoms with van der Waals surface area (Å²) in [5.74, 6) is -1.20. The first-order valence-electron chi connectivity index (χ1n) is 9.47. The van der Waals surface area contributed by atoms with Gasteiger partial charge in [-0.05, 0) is 38.1 Å². The third-order valence-electron chi connectivity index (χ3n) is 4.33. The second-order valence-electron chi connectivity index (χ2n) is 6.37. The van der Waals surface area contributed by atoms with Crippen molar-refractivity contribution in [1.29, 1.82) is 0 Å². The second kappa shape index (κ2) is 10.9. The maximum Gasteiger partial charge on any atom is 0.339 e. The van der Waals surface area contributed by atoms with E-state index in [0.717, 1.165) is 6.07 Å². The molecule has 0 fully saturated rings. The molecule has 30 heavy (non-hydrogen) atoms. The highest BCUT2D eigenvalue weighted by Crippen LogP contribution is 2.26. The number of nitro groups is 1. The standard InChI is InChI=1S/C21H25N3O6/c1-4-23(17-8-6-5-7-9-17)20(25)15(2)30-21(26)16-10-11-18(22-12-13-29-3)19(14-16)24(27)28/h5-11,14-15,22H,4,12-13H2,1-3H3/t15-/m0/s1. The highest BCUT2D eigenvalue weighted by Gasteiger charge is 2.26. The molecule has 2 aromatic rings. The minimum absolute atomic E-state index is 0.0126. The predicted octanol–water partition coefficient (Wildman–Crippen LogP) is 3.25. The van der Waals surface area contributed by atoms with Gasteiger partial charge in [0.2, 0.25) is 0 Å². The number of nitrogens with one attached hydrogen (secondary N) is 1. The van der Waals surface area contributed by atoms with Crippen LogP contribution in [-0.2, 0) is 14.3 Å². The number of hydrogen-bond donors (Lipinski definition) is 1. The lowest BCUT2D eigenvalue weighted by Gasteiger charge is -2.24. The van der Waals surface area contributed by atoms with E-state index < -0.39 is 17.0 Å². The summed E-state index contributed by atoms with van der Waals surface area (Å²) in [6, 6.07) is 13.0. The molecule has 0 heterocycles. The number of esters is 1. The van der Waals surface area contributed by atoms with E-state index in [1.165, 1.54) is 31.1 Å². The van der Waals surface area contributed by atoms with Crippen LogP contribution in [0.5, 0.6) is 0 Å². The minimum Gasteiger partial charge on any atom is -0.449 e. The van der Waals surface area contributed by atoms with Crippen molar-refractivity contribution in [2.75, 3.05) is 37.0 Å². The zero-order valence-corrected chi connectivity index (χ0v) is 17.2. The molecule has 0 unspecified atom stereocenters. The fourth-order valence-corrected chi connectivity index (χ4v) is 2.82. The van der Waals surface area contributed by atoms with E-state index >= 15 is 0 Å². The van der Waals surface area contributed by atoms with Gasteiger partial charge in [-0.15, -0.1) is 0 Å².